The molecule has 1 saturated heterocycles. The maximum absolute atomic E-state index is 12.1. The molecule has 102 valence electrons. The molecule has 2 aromatic rings. The van der Waals surface area contributed by atoms with Crippen molar-refractivity contribution in [2.24, 2.45) is 5.73 Å². The molecule has 1 aromatic heterocycles. The van der Waals surface area contributed by atoms with Gasteiger partial charge >= 0.3 is 0 Å². The van der Waals surface area contributed by atoms with Crippen molar-refractivity contribution in [1.82, 2.24) is 9.88 Å². The normalized spacial score (nSPS) is 19.1. The first kappa shape index (κ1) is 12.8. The van der Waals surface area contributed by atoms with E-state index in [1.807, 2.05) is 36.4 Å². The molecule has 1 amide bonds. The maximum atomic E-state index is 12.1. The van der Waals surface area contributed by atoms with Crippen molar-refractivity contribution in [3.8, 4) is 0 Å². The highest BCUT2D eigenvalue weighted by molar-refractivity contribution is 5.95. The molecule has 0 radical (unpaired) electrons. The van der Waals surface area contributed by atoms with E-state index in [1.165, 1.54) is 0 Å². The Hall–Kier alpha value is -2.20. The lowest BCUT2D eigenvalue weighted by atomic mass is 10.1. The number of nitrogens with zero attached hydrogens (tertiary/aromatic N) is 2. The van der Waals surface area contributed by atoms with Crippen LogP contribution in [0.1, 0.15) is 12.0 Å². The Morgan fingerprint density at radius 1 is 1.35 bits per heavy atom. The van der Waals surface area contributed by atoms with E-state index in [2.05, 4.69) is 4.98 Å². The fraction of sp³-hybridized carbons (Fsp3) is 0.250. The van der Waals surface area contributed by atoms with E-state index in [0.29, 0.717) is 6.54 Å². The van der Waals surface area contributed by atoms with Crippen LogP contribution in [-0.4, -0.2) is 34.9 Å². The van der Waals surface area contributed by atoms with Gasteiger partial charge in [-0.05, 0) is 18.6 Å². The summed E-state index contributed by atoms with van der Waals surface area (Å²) in [7, 11) is 0. The molecule has 0 unspecified atom stereocenters. The van der Waals surface area contributed by atoms with Gasteiger partial charge in [-0.2, -0.15) is 0 Å². The van der Waals surface area contributed by atoms with E-state index in [4.69, 9.17) is 5.73 Å². The van der Waals surface area contributed by atoms with Gasteiger partial charge in [0.15, 0.2) is 0 Å². The van der Waals surface area contributed by atoms with Crippen LogP contribution in [-0.2, 0) is 4.79 Å². The Morgan fingerprint density at radius 3 is 3.00 bits per heavy atom. The van der Waals surface area contributed by atoms with Gasteiger partial charge in [-0.15, -0.1) is 0 Å². The third-order valence-electron chi connectivity index (χ3n) is 3.61. The molecule has 4 nitrogen and oxygen atoms in total. The third-order valence-corrected chi connectivity index (χ3v) is 3.61. The van der Waals surface area contributed by atoms with E-state index >= 15 is 0 Å². The van der Waals surface area contributed by atoms with Crippen molar-refractivity contribution in [3.05, 3.63) is 48.2 Å². The lowest BCUT2D eigenvalue weighted by Gasteiger charge is -2.12. The quantitative estimate of drug-likeness (QED) is 0.844. The minimum absolute atomic E-state index is 0.0193. The lowest BCUT2D eigenvalue weighted by molar-refractivity contribution is -0.124. The summed E-state index contributed by atoms with van der Waals surface area (Å²) < 4.78 is 0. The summed E-state index contributed by atoms with van der Waals surface area (Å²) in [4.78, 5) is 18.2. The van der Waals surface area contributed by atoms with Crippen LogP contribution in [0, 0.1) is 0 Å². The van der Waals surface area contributed by atoms with Crippen LogP contribution in [0.25, 0.3) is 17.0 Å². The molecular formula is C16H17N3O. The summed E-state index contributed by atoms with van der Waals surface area (Å²) in [6, 6.07) is 10.00. The summed E-state index contributed by atoms with van der Waals surface area (Å²) >= 11 is 0. The number of fused-ring (bicyclic) bond motifs is 1. The maximum Gasteiger partial charge on any atom is 0.246 e. The van der Waals surface area contributed by atoms with Crippen LogP contribution >= 0.6 is 0 Å². The Balaban J connectivity index is 1.82. The summed E-state index contributed by atoms with van der Waals surface area (Å²) in [5, 5.41) is 1.07. The third kappa shape index (κ3) is 2.56. The van der Waals surface area contributed by atoms with E-state index in [-0.39, 0.29) is 11.9 Å². The summed E-state index contributed by atoms with van der Waals surface area (Å²) in [6.07, 6.45) is 6.10. The number of aromatic nitrogens is 1. The highest BCUT2D eigenvalue weighted by Crippen LogP contribution is 2.17. The zero-order valence-corrected chi connectivity index (χ0v) is 11.2. The van der Waals surface area contributed by atoms with Gasteiger partial charge in [-0.25, -0.2) is 0 Å². The molecule has 0 spiro atoms. The molecule has 1 aliphatic rings. The van der Waals surface area contributed by atoms with Gasteiger partial charge < -0.3 is 10.6 Å². The molecule has 1 aliphatic heterocycles. The molecular weight excluding hydrogens is 250 g/mol. The second kappa shape index (κ2) is 5.43. The van der Waals surface area contributed by atoms with Gasteiger partial charge in [0, 0.05) is 42.4 Å². The van der Waals surface area contributed by atoms with Crippen LogP contribution in [0.15, 0.2) is 42.6 Å². The molecule has 0 bridgehead atoms. The number of carbonyl (C=O) groups excluding carboxylic acids is 1. The molecule has 2 N–H and O–H groups in total. The van der Waals surface area contributed by atoms with Gasteiger partial charge in [-0.3, -0.25) is 9.78 Å². The van der Waals surface area contributed by atoms with E-state index in [1.54, 1.807) is 17.2 Å². The van der Waals surface area contributed by atoms with E-state index in [9.17, 15) is 4.79 Å². The van der Waals surface area contributed by atoms with Crippen LogP contribution in [0.4, 0.5) is 0 Å². The zero-order chi connectivity index (χ0) is 13.9. The van der Waals surface area contributed by atoms with Gasteiger partial charge in [-0.1, -0.05) is 24.3 Å². The Kier molecular flexibility index (Phi) is 3.48. The average molecular weight is 267 g/mol. The predicted octanol–water partition coefficient (Wildman–Crippen LogP) is 1.81. The topological polar surface area (TPSA) is 59.2 Å². The molecule has 4 heteroatoms. The minimum atomic E-state index is 0.0193. The Bertz CT molecular complexity index is 660. The van der Waals surface area contributed by atoms with Crippen molar-refractivity contribution in [1.29, 1.82) is 0 Å². The molecule has 1 aromatic carbocycles. The fourth-order valence-corrected chi connectivity index (χ4v) is 2.52. The fourth-order valence-electron chi connectivity index (χ4n) is 2.52. The van der Waals surface area contributed by atoms with Crippen molar-refractivity contribution in [2.45, 2.75) is 12.5 Å². The number of hydrogen-bond donors (Lipinski definition) is 1. The van der Waals surface area contributed by atoms with Crippen molar-refractivity contribution >= 4 is 22.9 Å². The summed E-state index contributed by atoms with van der Waals surface area (Å²) in [5.41, 5.74) is 7.69. The van der Waals surface area contributed by atoms with E-state index in [0.717, 1.165) is 29.4 Å². The number of pyridine rings is 1. The highest BCUT2D eigenvalue weighted by atomic mass is 16.2. The number of nitrogens with two attached hydrogens (primary N) is 1. The molecule has 1 atom stereocenters. The van der Waals surface area contributed by atoms with Gasteiger partial charge in [0.05, 0.1) is 5.52 Å². The lowest BCUT2D eigenvalue weighted by Crippen LogP contribution is -2.30. The smallest absolute Gasteiger partial charge is 0.246 e. The Labute approximate surface area is 117 Å². The molecule has 1 fully saturated rings. The predicted molar refractivity (Wildman–Crippen MR) is 79.9 cm³/mol. The van der Waals surface area contributed by atoms with Crippen molar-refractivity contribution in [2.75, 3.05) is 13.1 Å². The SMILES string of the molecule is N[C@@H]1CCN(C(=O)/C=C/c2cccc3cccnc23)C1. The Morgan fingerprint density at radius 2 is 2.20 bits per heavy atom. The second-order valence-electron chi connectivity index (χ2n) is 5.09. The zero-order valence-electron chi connectivity index (χ0n) is 11.2. The number of amides is 1. The van der Waals surface area contributed by atoms with Crippen LogP contribution in [0.3, 0.4) is 0 Å². The van der Waals surface area contributed by atoms with Crippen molar-refractivity contribution < 1.29 is 4.79 Å². The number of likely N-dealkylation sites (tertiary alicyclic amines) is 1. The molecule has 0 aliphatic carbocycles. The minimum Gasteiger partial charge on any atom is -0.338 e. The van der Waals surface area contributed by atoms with E-state index < -0.39 is 0 Å². The molecule has 3 rings (SSSR count). The largest absolute Gasteiger partial charge is 0.338 e. The monoisotopic (exact) mass is 267 g/mol. The second-order valence-corrected chi connectivity index (χ2v) is 5.09. The number of rotatable bonds is 2. The standard InChI is InChI=1S/C16H17N3O/c17-14-8-10-19(11-14)15(20)7-6-13-4-1-3-12-5-2-9-18-16(12)13/h1-7,9,14H,8,10-11,17H2/b7-6+/t14-/m1/s1. The van der Waals surface area contributed by atoms with Crippen LogP contribution in [0.2, 0.25) is 0 Å². The van der Waals surface area contributed by atoms with Gasteiger partial charge in [0.25, 0.3) is 0 Å². The summed E-state index contributed by atoms with van der Waals surface area (Å²) in [5.74, 6) is 0.0193. The first-order valence-electron chi connectivity index (χ1n) is 6.80. The average Bonchev–Trinajstić information content (AvgIpc) is 2.91. The molecule has 0 saturated carbocycles. The highest BCUT2D eigenvalue weighted by Gasteiger charge is 2.21. The van der Waals surface area contributed by atoms with Gasteiger partial charge in [0.1, 0.15) is 0 Å². The first-order valence-corrected chi connectivity index (χ1v) is 6.80. The number of carbonyl (C=O) groups is 1. The first-order chi connectivity index (χ1) is 9.74. The van der Waals surface area contributed by atoms with Gasteiger partial charge in [0.2, 0.25) is 5.91 Å². The van der Waals surface area contributed by atoms with Crippen LogP contribution in [0.5, 0.6) is 0 Å². The molecule has 20 heavy (non-hydrogen) atoms. The molecule has 2 heterocycles. The number of para-hydroxylation sites is 1. The number of hydrogen-bond acceptors (Lipinski definition) is 3. The summed E-state index contributed by atoms with van der Waals surface area (Å²) in [6.45, 7) is 1.40. The number of benzene rings is 1. The van der Waals surface area contributed by atoms with Crippen molar-refractivity contribution in [3.63, 3.8) is 0 Å². The van der Waals surface area contributed by atoms with Crippen LogP contribution < -0.4 is 5.73 Å².